The number of anilines is 1. The number of benzene rings is 1. The van der Waals surface area contributed by atoms with Gasteiger partial charge in [0.15, 0.2) is 0 Å². The van der Waals surface area contributed by atoms with E-state index in [1.54, 1.807) is 11.3 Å². The summed E-state index contributed by atoms with van der Waals surface area (Å²) >= 11 is 1.77. The Morgan fingerprint density at radius 1 is 1.00 bits per heavy atom. The van der Waals surface area contributed by atoms with E-state index < -0.39 is 0 Å². The number of para-hydroxylation sites is 1. The number of carbonyl (C=O) groups excluding carboxylic acids is 1. The zero-order valence-electron chi connectivity index (χ0n) is 14.5. The van der Waals surface area contributed by atoms with Crippen LogP contribution in [0.2, 0.25) is 0 Å². The summed E-state index contributed by atoms with van der Waals surface area (Å²) in [5, 5.41) is 2.11. The maximum Gasteiger partial charge on any atom is 0.237 e. The van der Waals surface area contributed by atoms with Crippen molar-refractivity contribution in [3.8, 4) is 0 Å². The van der Waals surface area contributed by atoms with Gasteiger partial charge in [0.25, 0.3) is 0 Å². The Labute approximate surface area is 153 Å². The van der Waals surface area contributed by atoms with Crippen LogP contribution in [0.15, 0.2) is 47.8 Å². The van der Waals surface area contributed by atoms with Crippen molar-refractivity contribution in [2.24, 2.45) is 0 Å². The number of thiophene rings is 1. The maximum absolute atomic E-state index is 12.8. The van der Waals surface area contributed by atoms with Crippen molar-refractivity contribution in [1.29, 1.82) is 0 Å². The minimum atomic E-state index is 0.295. The predicted molar refractivity (Wildman–Crippen MR) is 103 cm³/mol. The molecule has 2 saturated heterocycles. The summed E-state index contributed by atoms with van der Waals surface area (Å²) in [6, 6.07) is 15.1. The third-order valence-electron chi connectivity index (χ3n) is 5.30. The standard InChI is InChI=1S/C20H25N3OS/c24-20(23-10-4-8-18(23)19-9-5-15-25-19)16-21-11-13-22(14-12-21)17-6-2-1-3-7-17/h1-3,5-7,9,15,18H,4,8,10-14,16H2. The van der Waals surface area contributed by atoms with Gasteiger partial charge in [0.1, 0.15) is 0 Å². The van der Waals surface area contributed by atoms with E-state index in [4.69, 9.17) is 0 Å². The van der Waals surface area contributed by atoms with Crippen LogP contribution >= 0.6 is 11.3 Å². The second kappa shape index (κ2) is 7.58. The lowest BCUT2D eigenvalue weighted by Gasteiger charge is -2.36. The molecule has 0 spiro atoms. The summed E-state index contributed by atoms with van der Waals surface area (Å²) in [5.74, 6) is 0.295. The zero-order valence-corrected chi connectivity index (χ0v) is 15.3. The molecule has 1 unspecified atom stereocenters. The highest BCUT2D eigenvalue weighted by atomic mass is 32.1. The lowest BCUT2D eigenvalue weighted by atomic mass is 10.2. The molecule has 1 amide bonds. The van der Waals surface area contributed by atoms with Crippen LogP contribution in [-0.2, 0) is 4.79 Å². The summed E-state index contributed by atoms with van der Waals surface area (Å²) < 4.78 is 0. The highest BCUT2D eigenvalue weighted by Crippen LogP contribution is 2.34. The van der Waals surface area contributed by atoms with Crippen molar-refractivity contribution in [2.45, 2.75) is 18.9 Å². The number of hydrogen-bond donors (Lipinski definition) is 0. The average molecular weight is 356 g/mol. The van der Waals surface area contributed by atoms with Gasteiger partial charge in [-0.25, -0.2) is 0 Å². The molecular formula is C20H25N3OS. The molecule has 0 aliphatic carbocycles. The van der Waals surface area contributed by atoms with Crippen LogP contribution in [0, 0.1) is 0 Å². The molecule has 1 atom stereocenters. The molecule has 4 nitrogen and oxygen atoms in total. The molecule has 2 aliphatic heterocycles. The molecule has 0 saturated carbocycles. The second-order valence-electron chi connectivity index (χ2n) is 6.86. The predicted octanol–water partition coefficient (Wildman–Crippen LogP) is 3.23. The lowest BCUT2D eigenvalue weighted by molar-refractivity contribution is -0.133. The van der Waals surface area contributed by atoms with Crippen LogP contribution < -0.4 is 4.90 Å². The molecule has 132 valence electrons. The van der Waals surface area contributed by atoms with Gasteiger partial charge in [0.05, 0.1) is 12.6 Å². The van der Waals surface area contributed by atoms with E-state index in [-0.39, 0.29) is 0 Å². The van der Waals surface area contributed by atoms with Crippen molar-refractivity contribution in [1.82, 2.24) is 9.80 Å². The zero-order chi connectivity index (χ0) is 17.1. The molecule has 0 radical (unpaired) electrons. The van der Waals surface area contributed by atoms with Gasteiger partial charge in [-0.15, -0.1) is 11.3 Å². The molecular weight excluding hydrogens is 330 g/mol. The van der Waals surface area contributed by atoms with Crippen LogP contribution in [0.4, 0.5) is 5.69 Å². The van der Waals surface area contributed by atoms with E-state index in [0.717, 1.165) is 45.6 Å². The lowest BCUT2D eigenvalue weighted by Crippen LogP contribution is -2.50. The summed E-state index contributed by atoms with van der Waals surface area (Å²) in [6.45, 7) is 5.36. The Bertz CT molecular complexity index is 680. The fourth-order valence-electron chi connectivity index (χ4n) is 3.93. The highest BCUT2D eigenvalue weighted by Gasteiger charge is 2.31. The average Bonchev–Trinajstić information content (AvgIpc) is 3.34. The summed E-state index contributed by atoms with van der Waals surface area (Å²) in [4.78, 5) is 21.0. The number of piperazine rings is 1. The van der Waals surface area contributed by atoms with Gasteiger partial charge in [-0.3, -0.25) is 9.69 Å². The Morgan fingerprint density at radius 3 is 2.52 bits per heavy atom. The van der Waals surface area contributed by atoms with Crippen molar-refractivity contribution in [2.75, 3.05) is 44.2 Å². The van der Waals surface area contributed by atoms with E-state index >= 15 is 0 Å². The molecule has 3 heterocycles. The molecule has 1 aromatic heterocycles. The molecule has 0 N–H and O–H groups in total. The van der Waals surface area contributed by atoms with E-state index in [1.165, 1.54) is 10.6 Å². The van der Waals surface area contributed by atoms with Gasteiger partial charge in [-0.1, -0.05) is 24.3 Å². The molecule has 25 heavy (non-hydrogen) atoms. The first-order valence-electron chi connectivity index (χ1n) is 9.16. The number of rotatable bonds is 4. The maximum atomic E-state index is 12.8. The van der Waals surface area contributed by atoms with Gasteiger partial charge in [-0.2, -0.15) is 0 Å². The molecule has 2 aromatic rings. The first-order chi connectivity index (χ1) is 12.3. The van der Waals surface area contributed by atoms with Crippen molar-refractivity contribution < 1.29 is 4.79 Å². The Kier molecular flexibility index (Phi) is 5.04. The third kappa shape index (κ3) is 3.72. The largest absolute Gasteiger partial charge is 0.369 e. The first-order valence-corrected chi connectivity index (χ1v) is 10.0. The monoisotopic (exact) mass is 355 g/mol. The molecule has 1 aromatic carbocycles. The van der Waals surface area contributed by atoms with E-state index in [9.17, 15) is 4.79 Å². The molecule has 5 heteroatoms. The van der Waals surface area contributed by atoms with Gasteiger partial charge < -0.3 is 9.80 Å². The fourth-order valence-corrected chi connectivity index (χ4v) is 4.80. The second-order valence-corrected chi connectivity index (χ2v) is 7.84. The Morgan fingerprint density at radius 2 is 1.80 bits per heavy atom. The molecule has 2 aliphatic rings. The number of likely N-dealkylation sites (tertiary alicyclic amines) is 1. The number of amides is 1. The molecule has 4 rings (SSSR count). The third-order valence-corrected chi connectivity index (χ3v) is 6.27. The van der Waals surface area contributed by atoms with Crippen LogP contribution in [0.1, 0.15) is 23.8 Å². The van der Waals surface area contributed by atoms with Crippen molar-refractivity contribution in [3.05, 3.63) is 52.7 Å². The fraction of sp³-hybridized carbons (Fsp3) is 0.450. The van der Waals surface area contributed by atoms with E-state index in [1.807, 2.05) is 0 Å². The minimum absolute atomic E-state index is 0.295. The van der Waals surface area contributed by atoms with Crippen molar-refractivity contribution >= 4 is 22.9 Å². The minimum Gasteiger partial charge on any atom is -0.369 e. The molecule has 0 bridgehead atoms. The van der Waals surface area contributed by atoms with Gasteiger partial charge in [0.2, 0.25) is 5.91 Å². The first kappa shape index (κ1) is 16.6. The van der Waals surface area contributed by atoms with Crippen LogP contribution in [-0.4, -0.2) is 55.0 Å². The van der Waals surface area contributed by atoms with Gasteiger partial charge in [0, 0.05) is 43.3 Å². The summed E-state index contributed by atoms with van der Waals surface area (Å²) in [5.41, 5.74) is 1.28. The topological polar surface area (TPSA) is 26.8 Å². The van der Waals surface area contributed by atoms with Crippen LogP contribution in [0.3, 0.4) is 0 Å². The van der Waals surface area contributed by atoms with E-state index in [0.29, 0.717) is 18.5 Å². The smallest absolute Gasteiger partial charge is 0.237 e. The molecule has 2 fully saturated rings. The van der Waals surface area contributed by atoms with Crippen LogP contribution in [0.5, 0.6) is 0 Å². The normalized spacial score (nSPS) is 21.7. The number of hydrogen-bond acceptors (Lipinski definition) is 4. The number of carbonyl (C=O) groups is 1. The van der Waals surface area contributed by atoms with Crippen LogP contribution in [0.25, 0.3) is 0 Å². The van der Waals surface area contributed by atoms with Gasteiger partial charge in [-0.05, 0) is 36.4 Å². The quantitative estimate of drug-likeness (QED) is 0.842. The van der Waals surface area contributed by atoms with Gasteiger partial charge >= 0.3 is 0 Å². The highest BCUT2D eigenvalue weighted by molar-refractivity contribution is 7.10. The summed E-state index contributed by atoms with van der Waals surface area (Å²) in [6.07, 6.45) is 2.23. The summed E-state index contributed by atoms with van der Waals surface area (Å²) in [7, 11) is 0. The van der Waals surface area contributed by atoms with E-state index in [2.05, 4.69) is 62.5 Å². The number of nitrogens with zero attached hydrogens (tertiary/aromatic N) is 3. The SMILES string of the molecule is O=C(CN1CCN(c2ccccc2)CC1)N1CCCC1c1cccs1. The Hall–Kier alpha value is -1.85. The van der Waals surface area contributed by atoms with Crippen molar-refractivity contribution in [3.63, 3.8) is 0 Å². The Balaban J connectivity index is 1.32.